The number of carbonyl (C=O) groups is 1. The second-order valence-corrected chi connectivity index (χ2v) is 6.19. The molecule has 1 amide bonds. The van der Waals surface area contributed by atoms with E-state index >= 15 is 0 Å². The molecule has 0 saturated heterocycles. The quantitative estimate of drug-likeness (QED) is 0.745. The van der Waals surface area contributed by atoms with Gasteiger partial charge in [0.05, 0.1) is 24.9 Å². The first kappa shape index (κ1) is 18.3. The molecule has 0 bridgehead atoms. The molecule has 7 heteroatoms. The number of amides is 1. The highest BCUT2D eigenvalue weighted by Crippen LogP contribution is 2.27. The number of ether oxygens (including phenoxy) is 2. The van der Waals surface area contributed by atoms with Crippen LogP contribution in [0.4, 0.5) is 0 Å². The standard InChI is InChI=1S/C17H22BrN3O3/c1-12-14(18)11-20-21(12)9-7-17(22)19-8-6-13-4-5-15(23-2)16(10-13)24-3/h4-5,10-11H,6-9H2,1-3H3,(H,19,22). The van der Waals surface area contributed by atoms with Crippen molar-refractivity contribution in [1.29, 1.82) is 0 Å². The van der Waals surface area contributed by atoms with Crippen molar-refractivity contribution in [2.24, 2.45) is 0 Å². The summed E-state index contributed by atoms with van der Waals surface area (Å²) in [5.41, 5.74) is 2.10. The van der Waals surface area contributed by atoms with Gasteiger partial charge in [0.15, 0.2) is 11.5 Å². The third-order valence-corrected chi connectivity index (χ3v) is 4.56. The lowest BCUT2D eigenvalue weighted by Gasteiger charge is -2.10. The van der Waals surface area contributed by atoms with Crippen LogP contribution in [-0.2, 0) is 17.8 Å². The molecule has 2 rings (SSSR count). The monoisotopic (exact) mass is 395 g/mol. The highest BCUT2D eigenvalue weighted by atomic mass is 79.9. The van der Waals surface area contributed by atoms with Crippen LogP contribution in [0.25, 0.3) is 0 Å². The van der Waals surface area contributed by atoms with Crippen LogP contribution in [0, 0.1) is 6.92 Å². The maximum absolute atomic E-state index is 11.9. The zero-order valence-electron chi connectivity index (χ0n) is 14.1. The Morgan fingerprint density at radius 1 is 1.29 bits per heavy atom. The van der Waals surface area contributed by atoms with Gasteiger partial charge in [0.1, 0.15) is 0 Å². The molecule has 130 valence electrons. The maximum Gasteiger partial charge on any atom is 0.221 e. The van der Waals surface area contributed by atoms with Gasteiger partial charge in [-0.3, -0.25) is 9.48 Å². The number of hydrogen-bond acceptors (Lipinski definition) is 4. The zero-order valence-corrected chi connectivity index (χ0v) is 15.7. The van der Waals surface area contributed by atoms with E-state index in [-0.39, 0.29) is 5.91 Å². The van der Waals surface area contributed by atoms with Crippen molar-refractivity contribution in [2.75, 3.05) is 20.8 Å². The summed E-state index contributed by atoms with van der Waals surface area (Å²) in [7, 11) is 3.22. The van der Waals surface area contributed by atoms with E-state index in [1.54, 1.807) is 20.4 Å². The summed E-state index contributed by atoms with van der Waals surface area (Å²) in [6, 6.07) is 5.77. The molecule has 6 nitrogen and oxygen atoms in total. The number of carbonyl (C=O) groups excluding carboxylic acids is 1. The Morgan fingerprint density at radius 2 is 2.04 bits per heavy atom. The number of aryl methyl sites for hydroxylation is 1. The number of halogens is 1. The Bertz CT molecular complexity index is 700. The number of nitrogens with one attached hydrogen (secondary N) is 1. The largest absolute Gasteiger partial charge is 0.493 e. The van der Waals surface area contributed by atoms with E-state index in [4.69, 9.17) is 9.47 Å². The van der Waals surface area contributed by atoms with Crippen LogP contribution in [0.1, 0.15) is 17.7 Å². The van der Waals surface area contributed by atoms with Crippen molar-refractivity contribution in [3.63, 3.8) is 0 Å². The first-order valence-electron chi connectivity index (χ1n) is 7.70. The molecule has 0 aliphatic carbocycles. The SMILES string of the molecule is COc1ccc(CCNC(=O)CCn2ncc(Br)c2C)cc1OC. The lowest BCUT2D eigenvalue weighted by atomic mass is 10.1. The second kappa shape index (κ2) is 8.73. The van der Waals surface area contributed by atoms with Crippen molar-refractivity contribution < 1.29 is 14.3 Å². The molecule has 0 aliphatic heterocycles. The highest BCUT2D eigenvalue weighted by Gasteiger charge is 2.08. The van der Waals surface area contributed by atoms with E-state index in [0.29, 0.717) is 31.0 Å². The molecule has 2 aromatic rings. The first-order chi connectivity index (χ1) is 11.5. The Morgan fingerprint density at radius 3 is 2.67 bits per heavy atom. The van der Waals surface area contributed by atoms with Gasteiger partial charge in [-0.25, -0.2) is 0 Å². The third kappa shape index (κ3) is 4.74. The minimum atomic E-state index is 0.0153. The van der Waals surface area contributed by atoms with Gasteiger partial charge in [-0.2, -0.15) is 5.10 Å². The number of methoxy groups -OCH3 is 2. The molecule has 1 heterocycles. The van der Waals surface area contributed by atoms with Crippen LogP contribution in [0.15, 0.2) is 28.9 Å². The Kier molecular flexibility index (Phi) is 6.66. The Hall–Kier alpha value is -2.02. The summed E-state index contributed by atoms with van der Waals surface area (Å²) in [5.74, 6) is 1.41. The summed E-state index contributed by atoms with van der Waals surface area (Å²) < 4.78 is 13.3. The molecule has 0 saturated carbocycles. The van der Waals surface area contributed by atoms with Gasteiger partial charge < -0.3 is 14.8 Å². The summed E-state index contributed by atoms with van der Waals surface area (Å²) in [4.78, 5) is 11.9. The molecule has 0 unspecified atom stereocenters. The lowest BCUT2D eigenvalue weighted by Crippen LogP contribution is -2.26. The molecule has 0 spiro atoms. The van der Waals surface area contributed by atoms with Crippen LogP contribution < -0.4 is 14.8 Å². The van der Waals surface area contributed by atoms with Crippen molar-refractivity contribution in [2.45, 2.75) is 26.3 Å². The number of nitrogens with zero attached hydrogens (tertiary/aromatic N) is 2. The van der Waals surface area contributed by atoms with Crippen molar-refractivity contribution in [3.05, 3.63) is 40.1 Å². The molecule has 1 N–H and O–H groups in total. The van der Waals surface area contributed by atoms with Crippen LogP contribution in [0.5, 0.6) is 11.5 Å². The summed E-state index contributed by atoms with van der Waals surface area (Å²) in [6.07, 6.45) is 2.88. The zero-order chi connectivity index (χ0) is 17.5. The van der Waals surface area contributed by atoms with E-state index in [0.717, 1.165) is 22.2 Å². The van der Waals surface area contributed by atoms with E-state index in [9.17, 15) is 4.79 Å². The molecule has 0 atom stereocenters. The summed E-state index contributed by atoms with van der Waals surface area (Å²) in [6.45, 7) is 3.11. The van der Waals surface area contributed by atoms with Crippen LogP contribution in [0.2, 0.25) is 0 Å². The Labute approximate surface area is 150 Å². The van der Waals surface area contributed by atoms with Gasteiger partial charge in [-0.15, -0.1) is 0 Å². The van der Waals surface area contributed by atoms with Crippen LogP contribution >= 0.6 is 15.9 Å². The van der Waals surface area contributed by atoms with Gasteiger partial charge in [0, 0.05) is 25.2 Å². The minimum absolute atomic E-state index is 0.0153. The molecule has 0 fully saturated rings. The van der Waals surface area contributed by atoms with Gasteiger partial charge >= 0.3 is 0 Å². The molecule has 0 radical (unpaired) electrons. The van der Waals surface area contributed by atoms with Crippen molar-refractivity contribution in [3.8, 4) is 11.5 Å². The Balaban J connectivity index is 1.77. The predicted octanol–water partition coefficient (Wildman–Crippen LogP) is 2.72. The van der Waals surface area contributed by atoms with Gasteiger partial charge in [0.2, 0.25) is 5.91 Å². The van der Waals surface area contributed by atoms with E-state index in [1.165, 1.54) is 0 Å². The normalized spacial score (nSPS) is 10.5. The van der Waals surface area contributed by atoms with Gasteiger partial charge in [-0.05, 0) is 47.0 Å². The van der Waals surface area contributed by atoms with Crippen molar-refractivity contribution in [1.82, 2.24) is 15.1 Å². The fourth-order valence-corrected chi connectivity index (χ4v) is 2.62. The van der Waals surface area contributed by atoms with Crippen molar-refractivity contribution >= 4 is 21.8 Å². The lowest BCUT2D eigenvalue weighted by molar-refractivity contribution is -0.121. The molecule has 1 aromatic heterocycles. The van der Waals surface area contributed by atoms with Crippen LogP contribution in [-0.4, -0.2) is 36.5 Å². The highest BCUT2D eigenvalue weighted by molar-refractivity contribution is 9.10. The fourth-order valence-electron chi connectivity index (χ4n) is 2.33. The number of rotatable bonds is 8. The van der Waals surface area contributed by atoms with E-state index in [1.807, 2.05) is 29.8 Å². The van der Waals surface area contributed by atoms with E-state index < -0.39 is 0 Å². The van der Waals surface area contributed by atoms with Crippen LogP contribution in [0.3, 0.4) is 0 Å². The fraction of sp³-hybridized carbons (Fsp3) is 0.412. The minimum Gasteiger partial charge on any atom is -0.493 e. The number of benzene rings is 1. The maximum atomic E-state index is 11.9. The molecular weight excluding hydrogens is 374 g/mol. The second-order valence-electron chi connectivity index (χ2n) is 5.34. The smallest absolute Gasteiger partial charge is 0.221 e. The average Bonchev–Trinajstić information content (AvgIpc) is 2.91. The van der Waals surface area contributed by atoms with E-state index in [2.05, 4.69) is 26.3 Å². The topological polar surface area (TPSA) is 65.4 Å². The van der Waals surface area contributed by atoms with Gasteiger partial charge in [0.25, 0.3) is 0 Å². The molecular formula is C17H22BrN3O3. The summed E-state index contributed by atoms with van der Waals surface area (Å²) >= 11 is 3.41. The molecule has 24 heavy (non-hydrogen) atoms. The van der Waals surface area contributed by atoms with Gasteiger partial charge in [-0.1, -0.05) is 6.07 Å². The first-order valence-corrected chi connectivity index (χ1v) is 8.50. The molecule has 0 aliphatic rings. The summed E-state index contributed by atoms with van der Waals surface area (Å²) in [5, 5.41) is 7.14. The average molecular weight is 396 g/mol. The predicted molar refractivity (Wildman–Crippen MR) is 95.5 cm³/mol. The third-order valence-electron chi connectivity index (χ3n) is 3.78. The molecule has 1 aromatic carbocycles. The number of aromatic nitrogens is 2. The number of hydrogen-bond donors (Lipinski definition) is 1.